The molecule has 0 saturated heterocycles. The van der Waals surface area contributed by atoms with Crippen molar-refractivity contribution in [3.8, 4) is 11.5 Å². The molecule has 8 heteroatoms. The Balaban J connectivity index is 2.16. The molecule has 0 spiro atoms. The van der Waals surface area contributed by atoms with Crippen molar-refractivity contribution in [2.75, 3.05) is 20.2 Å². The van der Waals surface area contributed by atoms with E-state index in [1.54, 1.807) is 24.4 Å². The van der Waals surface area contributed by atoms with Gasteiger partial charge in [0.05, 0.1) is 17.3 Å². The van der Waals surface area contributed by atoms with E-state index in [9.17, 15) is 5.11 Å². The minimum Gasteiger partial charge on any atom is -0.508 e. The smallest absolute Gasteiger partial charge is 0.191 e. The number of ether oxygens (including phenoxy) is 2. The first kappa shape index (κ1) is 21.9. The van der Waals surface area contributed by atoms with Crippen molar-refractivity contribution in [2.24, 2.45) is 5.73 Å². The summed E-state index contributed by atoms with van der Waals surface area (Å²) in [5.74, 6) is 0.541. The van der Waals surface area contributed by atoms with Gasteiger partial charge in [0, 0.05) is 31.1 Å². The molecular formula is C20H27ClN4O3. The highest BCUT2D eigenvalue weighted by atomic mass is 35.5. The third-order valence-corrected chi connectivity index (χ3v) is 4.54. The predicted molar refractivity (Wildman–Crippen MR) is 110 cm³/mol. The van der Waals surface area contributed by atoms with Gasteiger partial charge < -0.3 is 19.9 Å². The molecule has 2 aromatic rings. The number of likely N-dealkylation sites (N-methyl/N-ethyl adjacent to an activating group) is 1. The van der Waals surface area contributed by atoms with Crippen LogP contribution < -0.4 is 15.8 Å². The molecule has 5 N–H and O–H groups in total. The van der Waals surface area contributed by atoms with Crippen LogP contribution in [0.2, 0.25) is 5.02 Å². The van der Waals surface area contributed by atoms with E-state index in [1.807, 2.05) is 20.0 Å². The van der Waals surface area contributed by atoms with E-state index < -0.39 is 6.23 Å². The van der Waals surface area contributed by atoms with Gasteiger partial charge in [0.15, 0.2) is 12.1 Å². The van der Waals surface area contributed by atoms with Crippen molar-refractivity contribution in [2.45, 2.75) is 31.9 Å². The summed E-state index contributed by atoms with van der Waals surface area (Å²) in [6.45, 7) is 2.94. The van der Waals surface area contributed by atoms with Gasteiger partial charge >= 0.3 is 0 Å². The summed E-state index contributed by atoms with van der Waals surface area (Å²) in [6, 6.07) is 8.51. The van der Waals surface area contributed by atoms with Gasteiger partial charge in [-0.2, -0.15) is 0 Å². The van der Waals surface area contributed by atoms with E-state index in [-0.39, 0.29) is 23.3 Å². The maximum atomic E-state index is 10.6. The Bertz CT molecular complexity index is 774. The van der Waals surface area contributed by atoms with Crippen LogP contribution in [0, 0.1) is 5.41 Å². The normalized spacial score (nSPS) is 13.0. The molecular weight excluding hydrogens is 380 g/mol. The van der Waals surface area contributed by atoms with E-state index in [4.69, 9.17) is 32.2 Å². The van der Waals surface area contributed by atoms with Crippen LogP contribution in [-0.4, -0.2) is 36.2 Å². The van der Waals surface area contributed by atoms with Crippen LogP contribution in [0.3, 0.4) is 0 Å². The number of benzene rings is 1. The van der Waals surface area contributed by atoms with Crippen LogP contribution in [0.25, 0.3) is 0 Å². The molecule has 0 aliphatic carbocycles. The summed E-state index contributed by atoms with van der Waals surface area (Å²) in [6.07, 6.45) is 1.93. The van der Waals surface area contributed by atoms with Crippen molar-refractivity contribution in [1.29, 1.82) is 5.41 Å². The van der Waals surface area contributed by atoms with E-state index in [2.05, 4.69) is 10.3 Å². The van der Waals surface area contributed by atoms with E-state index in [0.29, 0.717) is 42.3 Å². The number of nitrogens with zero attached hydrogens (tertiary/aromatic N) is 1. The number of hydrogen-bond donors (Lipinski definition) is 4. The molecule has 0 aliphatic rings. The topological polar surface area (TPSA) is 113 Å². The lowest BCUT2D eigenvalue weighted by Gasteiger charge is -2.21. The summed E-state index contributed by atoms with van der Waals surface area (Å²) in [7, 11) is 1.84. The molecule has 0 saturated carbocycles. The number of pyridine rings is 1. The van der Waals surface area contributed by atoms with Crippen LogP contribution in [-0.2, 0) is 4.74 Å². The Morgan fingerprint density at radius 2 is 2.18 bits per heavy atom. The Labute approximate surface area is 170 Å². The number of halogens is 1. The molecule has 0 radical (unpaired) electrons. The first-order valence-corrected chi connectivity index (χ1v) is 9.54. The number of phenols is 1. The number of rotatable bonds is 10. The average molecular weight is 407 g/mol. The highest BCUT2D eigenvalue weighted by Crippen LogP contribution is 2.38. The lowest BCUT2D eigenvalue weighted by atomic mass is 9.93. The molecule has 0 fully saturated rings. The summed E-state index contributed by atoms with van der Waals surface area (Å²) >= 11 is 6.39. The van der Waals surface area contributed by atoms with Crippen LogP contribution in [0.15, 0.2) is 36.5 Å². The molecule has 7 nitrogen and oxygen atoms in total. The van der Waals surface area contributed by atoms with Crippen molar-refractivity contribution >= 4 is 17.5 Å². The SMILES string of the molecule is CCOC(=N)CCC(CNC)c1cc(Cl)c(O[C@H](N)c2ccccn2)cc1O. The second-order valence-electron chi connectivity index (χ2n) is 6.28. The number of hydrogen-bond acceptors (Lipinski definition) is 7. The number of phenolic OH excluding ortho intramolecular Hbond substituents is 1. The number of nitrogens with two attached hydrogens (primary N) is 1. The molecule has 0 bridgehead atoms. The first-order chi connectivity index (χ1) is 13.5. The zero-order chi connectivity index (χ0) is 20.5. The maximum Gasteiger partial charge on any atom is 0.191 e. The fraction of sp³-hybridized carbons (Fsp3) is 0.400. The lowest BCUT2D eigenvalue weighted by Crippen LogP contribution is -2.20. The Hall–Kier alpha value is -2.35. The second-order valence-corrected chi connectivity index (χ2v) is 6.69. The van der Waals surface area contributed by atoms with Gasteiger partial charge in [0.1, 0.15) is 11.5 Å². The molecule has 1 heterocycles. The Morgan fingerprint density at radius 1 is 1.39 bits per heavy atom. The molecule has 0 aliphatic heterocycles. The van der Waals surface area contributed by atoms with Gasteiger partial charge in [0.2, 0.25) is 0 Å². The van der Waals surface area contributed by atoms with Gasteiger partial charge in [-0.15, -0.1) is 0 Å². The molecule has 152 valence electrons. The summed E-state index contributed by atoms with van der Waals surface area (Å²) in [4.78, 5) is 4.16. The third-order valence-electron chi connectivity index (χ3n) is 4.24. The van der Waals surface area contributed by atoms with Crippen molar-refractivity contribution in [1.82, 2.24) is 10.3 Å². The Morgan fingerprint density at radius 3 is 2.82 bits per heavy atom. The van der Waals surface area contributed by atoms with E-state index in [1.165, 1.54) is 6.07 Å². The lowest BCUT2D eigenvalue weighted by molar-refractivity contribution is 0.208. The summed E-state index contributed by atoms with van der Waals surface area (Å²) in [5, 5.41) is 21.8. The van der Waals surface area contributed by atoms with Crippen molar-refractivity contribution in [3.05, 3.63) is 52.8 Å². The Kier molecular flexibility index (Phi) is 8.50. The van der Waals surface area contributed by atoms with Crippen LogP contribution in [0.5, 0.6) is 11.5 Å². The predicted octanol–water partition coefficient (Wildman–Crippen LogP) is 3.57. The number of aromatic nitrogens is 1. The van der Waals surface area contributed by atoms with Crippen molar-refractivity contribution in [3.63, 3.8) is 0 Å². The fourth-order valence-corrected chi connectivity index (χ4v) is 3.10. The van der Waals surface area contributed by atoms with Crippen molar-refractivity contribution < 1.29 is 14.6 Å². The van der Waals surface area contributed by atoms with Gasteiger partial charge in [-0.25, -0.2) is 0 Å². The van der Waals surface area contributed by atoms with E-state index >= 15 is 0 Å². The molecule has 1 aromatic carbocycles. The molecule has 1 unspecified atom stereocenters. The number of nitrogens with one attached hydrogen (secondary N) is 2. The molecule has 1 aromatic heterocycles. The van der Waals surface area contributed by atoms with E-state index in [0.717, 1.165) is 0 Å². The third kappa shape index (κ3) is 6.09. The van der Waals surface area contributed by atoms with Gasteiger partial charge in [-0.05, 0) is 44.2 Å². The van der Waals surface area contributed by atoms with Crippen LogP contribution >= 0.6 is 11.6 Å². The number of aromatic hydroxyl groups is 1. The summed E-state index contributed by atoms with van der Waals surface area (Å²) < 4.78 is 10.9. The van der Waals surface area contributed by atoms with Gasteiger partial charge in [0.25, 0.3) is 0 Å². The van der Waals surface area contributed by atoms with Crippen LogP contribution in [0.4, 0.5) is 0 Å². The van der Waals surface area contributed by atoms with Gasteiger partial charge in [-0.3, -0.25) is 16.1 Å². The zero-order valence-electron chi connectivity index (χ0n) is 16.1. The highest BCUT2D eigenvalue weighted by molar-refractivity contribution is 6.32. The minimum atomic E-state index is -0.802. The average Bonchev–Trinajstić information content (AvgIpc) is 2.68. The highest BCUT2D eigenvalue weighted by Gasteiger charge is 2.20. The first-order valence-electron chi connectivity index (χ1n) is 9.16. The largest absolute Gasteiger partial charge is 0.508 e. The standard InChI is InChI=1S/C20H27ClN4O3/c1-3-27-19(22)8-7-13(12-24-2)14-10-15(21)18(11-17(14)26)28-20(23)16-6-4-5-9-25-16/h4-6,9-11,13,20,22,24,26H,3,7-8,12,23H2,1-2H3/t13?,20-/m0/s1. The quantitative estimate of drug-likeness (QED) is 0.272. The molecule has 0 amide bonds. The molecule has 2 rings (SSSR count). The minimum absolute atomic E-state index is 0.0400. The maximum absolute atomic E-state index is 10.6. The molecule has 2 atom stereocenters. The van der Waals surface area contributed by atoms with Gasteiger partial charge in [-0.1, -0.05) is 17.7 Å². The molecule has 28 heavy (non-hydrogen) atoms. The second kappa shape index (κ2) is 10.8. The fourth-order valence-electron chi connectivity index (χ4n) is 2.88. The monoisotopic (exact) mass is 406 g/mol. The zero-order valence-corrected chi connectivity index (χ0v) is 16.9. The van der Waals surface area contributed by atoms with Crippen LogP contribution in [0.1, 0.15) is 43.2 Å². The summed E-state index contributed by atoms with van der Waals surface area (Å²) in [5.41, 5.74) is 7.27.